The van der Waals surface area contributed by atoms with Crippen molar-refractivity contribution < 1.29 is 18.4 Å². The first kappa shape index (κ1) is 18.2. The van der Waals surface area contributed by atoms with Crippen LogP contribution in [0.5, 0.6) is 0 Å². The highest BCUT2D eigenvalue weighted by atomic mass is 19.1. The Bertz CT molecular complexity index is 755. The number of hydrogen-bond acceptors (Lipinski definition) is 3. The second-order valence-electron chi connectivity index (χ2n) is 6.47. The molecule has 26 heavy (non-hydrogen) atoms. The first-order valence-corrected chi connectivity index (χ1v) is 9.05. The van der Waals surface area contributed by atoms with E-state index in [1.54, 1.807) is 24.3 Å². The highest BCUT2D eigenvalue weighted by molar-refractivity contribution is 5.92. The Labute approximate surface area is 152 Å². The summed E-state index contributed by atoms with van der Waals surface area (Å²) in [6.07, 6.45) is 4.47. The van der Waals surface area contributed by atoms with E-state index in [4.69, 9.17) is 4.42 Å². The molecule has 1 N–H and O–H groups in total. The molecule has 0 unspecified atom stereocenters. The number of carbonyl (C=O) groups excluding carboxylic acids is 2. The van der Waals surface area contributed by atoms with Crippen LogP contribution in [-0.4, -0.2) is 36.3 Å². The maximum Gasteiger partial charge on any atom is 0.287 e. The molecule has 5 nitrogen and oxygen atoms in total. The summed E-state index contributed by atoms with van der Waals surface area (Å²) in [7, 11) is 0. The van der Waals surface area contributed by atoms with Crippen molar-refractivity contribution >= 4 is 11.8 Å². The van der Waals surface area contributed by atoms with E-state index in [1.165, 1.54) is 12.1 Å². The lowest BCUT2D eigenvalue weighted by molar-refractivity contribution is -0.130. The van der Waals surface area contributed by atoms with E-state index in [0.29, 0.717) is 37.3 Å². The van der Waals surface area contributed by atoms with Gasteiger partial charge in [0.2, 0.25) is 5.91 Å². The van der Waals surface area contributed by atoms with Crippen LogP contribution in [0.3, 0.4) is 0 Å². The van der Waals surface area contributed by atoms with E-state index in [1.807, 2.05) is 4.90 Å². The second kappa shape index (κ2) is 8.65. The van der Waals surface area contributed by atoms with Crippen LogP contribution in [0.2, 0.25) is 0 Å². The summed E-state index contributed by atoms with van der Waals surface area (Å²) >= 11 is 0. The number of amides is 2. The van der Waals surface area contributed by atoms with Crippen molar-refractivity contribution in [2.75, 3.05) is 19.6 Å². The molecule has 3 rings (SSSR count). The van der Waals surface area contributed by atoms with Crippen LogP contribution >= 0.6 is 0 Å². The zero-order valence-corrected chi connectivity index (χ0v) is 14.7. The highest BCUT2D eigenvalue weighted by Crippen LogP contribution is 2.22. The SMILES string of the molecule is O=C(NCCCN1CCCCCC1=O)c1ccc(-c2ccc(F)cc2)o1. The molecule has 0 radical (unpaired) electrons. The summed E-state index contributed by atoms with van der Waals surface area (Å²) in [6, 6.07) is 9.20. The lowest BCUT2D eigenvalue weighted by atomic mass is 10.2. The van der Waals surface area contributed by atoms with E-state index in [0.717, 1.165) is 25.8 Å². The van der Waals surface area contributed by atoms with Crippen LogP contribution < -0.4 is 5.32 Å². The van der Waals surface area contributed by atoms with E-state index in [-0.39, 0.29) is 23.4 Å². The molecular formula is C20H23FN2O3. The van der Waals surface area contributed by atoms with Gasteiger partial charge in [0.1, 0.15) is 11.6 Å². The minimum atomic E-state index is -0.318. The average Bonchev–Trinajstić information content (AvgIpc) is 3.04. The predicted molar refractivity (Wildman–Crippen MR) is 96.1 cm³/mol. The third-order valence-corrected chi connectivity index (χ3v) is 4.52. The van der Waals surface area contributed by atoms with E-state index >= 15 is 0 Å². The fraction of sp³-hybridized carbons (Fsp3) is 0.400. The lowest BCUT2D eigenvalue weighted by Gasteiger charge is -2.20. The molecule has 0 spiro atoms. The molecule has 0 aliphatic carbocycles. The Morgan fingerprint density at radius 2 is 1.92 bits per heavy atom. The minimum Gasteiger partial charge on any atom is -0.451 e. The third kappa shape index (κ3) is 4.71. The Balaban J connectivity index is 1.46. The summed E-state index contributed by atoms with van der Waals surface area (Å²) in [5.74, 6) is 0.339. The number of hydrogen-bond donors (Lipinski definition) is 1. The Kier molecular flexibility index (Phi) is 6.04. The molecule has 1 fully saturated rings. The number of benzene rings is 1. The van der Waals surface area contributed by atoms with Gasteiger partial charge in [-0.15, -0.1) is 0 Å². The molecule has 1 aromatic carbocycles. The van der Waals surface area contributed by atoms with Crippen molar-refractivity contribution in [3.8, 4) is 11.3 Å². The van der Waals surface area contributed by atoms with E-state index < -0.39 is 0 Å². The van der Waals surface area contributed by atoms with Gasteiger partial charge in [0, 0.05) is 31.6 Å². The maximum atomic E-state index is 13.0. The number of carbonyl (C=O) groups is 2. The van der Waals surface area contributed by atoms with Gasteiger partial charge >= 0.3 is 0 Å². The van der Waals surface area contributed by atoms with Crippen molar-refractivity contribution in [1.82, 2.24) is 10.2 Å². The quantitative estimate of drug-likeness (QED) is 0.803. The molecule has 1 saturated heterocycles. The summed E-state index contributed by atoms with van der Waals surface area (Å²) in [5, 5.41) is 2.81. The van der Waals surface area contributed by atoms with Crippen molar-refractivity contribution in [3.63, 3.8) is 0 Å². The molecule has 1 aliphatic heterocycles. The summed E-state index contributed by atoms with van der Waals surface area (Å²) < 4.78 is 18.5. The average molecular weight is 358 g/mol. The van der Waals surface area contributed by atoms with Gasteiger partial charge in [-0.1, -0.05) is 6.42 Å². The van der Waals surface area contributed by atoms with Crippen LogP contribution in [0.15, 0.2) is 40.8 Å². The Morgan fingerprint density at radius 3 is 2.73 bits per heavy atom. The monoisotopic (exact) mass is 358 g/mol. The number of likely N-dealkylation sites (tertiary alicyclic amines) is 1. The molecule has 1 aromatic heterocycles. The molecule has 2 aromatic rings. The molecule has 2 heterocycles. The second-order valence-corrected chi connectivity index (χ2v) is 6.47. The van der Waals surface area contributed by atoms with Gasteiger partial charge in [-0.25, -0.2) is 4.39 Å². The highest BCUT2D eigenvalue weighted by Gasteiger charge is 2.16. The maximum absolute atomic E-state index is 13.0. The van der Waals surface area contributed by atoms with Gasteiger partial charge < -0.3 is 14.6 Å². The smallest absolute Gasteiger partial charge is 0.287 e. The van der Waals surface area contributed by atoms with Crippen LogP contribution in [0.4, 0.5) is 4.39 Å². The zero-order valence-electron chi connectivity index (χ0n) is 14.7. The van der Waals surface area contributed by atoms with Gasteiger partial charge in [-0.05, 0) is 55.7 Å². The molecular weight excluding hydrogens is 335 g/mol. The van der Waals surface area contributed by atoms with Crippen LogP contribution in [0.25, 0.3) is 11.3 Å². The van der Waals surface area contributed by atoms with Gasteiger partial charge in [0.15, 0.2) is 5.76 Å². The Morgan fingerprint density at radius 1 is 1.12 bits per heavy atom. The summed E-state index contributed by atoms with van der Waals surface area (Å²) in [5.41, 5.74) is 0.713. The van der Waals surface area contributed by atoms with Gasteiger partial charge in [-0.2, -0.15) is 0 Å². The first-order chi connectivity index (χ1) is 12.6. The minimum absolute atomic E-state index is 0.212. The molecule has 138 valence electrons. The first-order valence-electron chi connectivity index (χ1n) is 9.05. The number of rotatable bonds is 6. The van der Waals surface area contributed by atoms with Crippen molar-refractivity contribution in [2.45, 2.75) is 32.1 Å². The van der Waals surface area contributed by atoms with E-state index in [2.05, 4.69) is 5.32 Å². The van der Waals surface area contributed by atoms with Crippen LogP contribution in [0, 0.1) is 5.82 Å². The molecule has 6 heteroatoms. The van der Waals surface area contributed by atoms with Gasteiger partial charge in [0.25, 0.3) is 5.91 Å². The topological polar surface area (TPSA) is 62.6 Å². The molecule has 0 bridgehead atoms. The molecule has 0 atom stereocenters. The summed E-state index contributed by atoms with van der Waals surface area (Å²) in [6.45, 7) is 1.96. The van der Waals surface area contributed by atoms with E-state index in [9.17, 15) is 14.0 Å². The zero-order chi connectivity index (χ0) is 18.4. The number of nitrogens with zero attached hydrogens (tertiary/aromatic N) is 1. The summed E-state index contributed by atoms with van der Waals surface area (Å²) in [4.78, 5) is 26.0. The van der Waals surface area contributed by atoms with Crippen molar-refractivity contribution in [1.29, 1.82) is 0 Å². The van der Waals surface area contributed by atoms with Crippen molar-refractivity contribution in [2.24, 2.45) is 0 Å². The van der Waals surface area contributed by atoms with Crippen LogP contribution in [0.1, 0.15) is 42.7 Å². The van der Waals surface area contributed by atoms with Crippen LogP contribution in [-0.2, 0) is 4.79 Å². The van der Waals surface area contributed by atoms with Gasteiger partial charge in [0.05, 0.1) is 0 Å². The normalized spacial score (nSPS) is 15.0. The lowest BCUT2D eigenvalue weighted by Crippen LogP contribution is -2.33. The fourth-order valence-corrected chi connectivity index (χ4v) is 3.06. The van der Waals surface area contributed by atoms with Gasteiger partial charge in [-0.3, -0.25) is 9.59 Å². The number of nitrogens with one attached hydrogen (secondary N) is 1. The number of furan rings is 1. The predicted octanol–water partition coefficient (Wildman–Crippen LogP) is 3.61. The molecule has 2 amide bonds. The largest absolute Gasteiger partial charge is 0.451 e. The third-order valence-electron chi connectivity index (χ3n) is 4.52. The van der Waals surface area contributed by atoms with Crippen molar-refractivity contribution in [3.05, 3.63) is 48.0 Å². The Hall–Kier alpha value is -2.63. The molecule has 0 saturated carbocycles. The molecule has 1 aliphatic rings. The number of halogens is 1. The standard InChI is InChI=1S/C20H23FN2O3/c21-16-8-6-15(7-9-16)17-10-11-18(26-17)20(25)22-12-4-14-23-13-3-1-2-5-19(23)24/h6-11H,1-5,12-14H2,(H,22,25). The fourth-order valence-electron chi connectivity index (χ4n) is 3.06.